The number of methoxy groups -OCH3 is 1. The molecule has 0 fully saturated rings. The van der Waals surface area contributed by atoms with Crippen LogP contribution in [0.15, 0.2) is 41.2 Å². The zero-order valence-corrected chi connectivity index (χ0v) is 11.2. The average molecular weight is 313 g/mol. The molecule has 2 rings (SSSR count). The van der Waals surface area contributed by atoms with E-state index in [1.54, 1.807) is 0 Å². The fourth-order valence-electron chi connectivity index (χ4n) is 1.84. The van der Waals surface area contributed by atoms with Gasteiger partial charge in [0.25, 0.3) is 0 Å². The molecule has 5 nitrogen and oxygen atoms in total. The van der Waals surface area contributed by atoms with Crippen LogP contribution < -0.4 is 10.3 Å². The van der Waals surface area contributed by atoms with Crippen LogP contribution in [-0.4, -0.2) is 24.4 Å². The zero-order chi connectivity index (χ0) is 16.3. The number of carbonyl (C=O) groups excluding carboxylic acids is 1. The van der Waals surface area contributed by atoms with E-state index >= 15 is 0 Å². The van der Waals surface area contributed by atoms with Gasteiger partial charge in [0, 0.05) is 11.6 Å². The van der Waals surface area contributed by atoms with E-state index in [9.17, 15) is 22.8 Å². The molecular formula is C14H10F3NO4. The number of hydrogen-bond acceptors (Lipinski definition) is 4. The molecule has 0 amide bonds. The number of carbonyl (C=O) groups is 1. The molecule has 1 aromatic carbocycles. The van der Waals surface area contributed by atoms with Gasteiger partial charge in [-0.05, 0) is 23.8 Å². The Morgan fingerprint density at radius 3 is 2.55 bits per heavy atom. The number of alkyl halides is 3. The molecule has 0 saturated heterocycles. The molecule has 0 unspecified atom stereocenters. The molecule has 22 heavy (non-hydrogen) atoms. The van der Waals surface area contributed by atoms with Crippen LogP contribution in [0.5, 0.6) is 5.75 Å². The number of halogens is 3. The minimum absolute atomic E-state index is 0.154. The number of ether oxygens (including phenoxy) is 2. The second-order valence-corrected chi connectivity index (χ2v) is 4.18. The normalized spacial score (nSPS) is 11.1. The maximum atomic E-state index is 12.2. The van der Waals surface area contributed by atoms with Gasteiger partial charge < -0.3 is 14.5 Å². The number of aromatic amines is 1. The fourth-order valence-corrected chi connectivity index (χ4v) is 1.84. The lowest BCUT2D eigenvalue weighted by Gasteiger charge is -2.11. The van der Waals surface area contributed by atoms with Crippen LogP contribution in [-0.2, 0) is 4.74 Å². The monoisotopic (exact) mass is 313 g/mol. The van der Waals surface area contributed by atoms with E-state index in [-0.39, 0.29) is 16.8 Å². The Labute approximate surface area is 122 Å². The van der Waals surface area contributed by atoms with Crippen molar-refractivity contribution in [2.75, 3.05) is 7.11 Å². The number of aromatic nitrogens is 1. The Kier molecular flexibility index (Phi) is 4.20. The smallest absolute Gasteiger partial charge is 0.464 e. The number of rotatable bonds is 3. The summed E-state index contributed by atoms with van der Waals surface area (Å²) in [6, 6.07) is 7.51. The Balaban J connectivity index is 2.50. The average Bonchev–Trinajstić information content (AvgIpc) is 2.44. The third-order valence-corrected chi connectivity index (χ3v) is 2.69. The summed E-state index contributed by atoms with van der Waals surface area (Å²) in [6.45, 7) is 0. The summed E-state index contributed by atoms with van der Waals surface area (Å²) in [4.78, 5) is 25.3. The molecule has 0 spiro atoms. The molecule has 8 heteroatoms. The van der Waals surface area contributed by atoms with Gasteiger partial charge in [-0.3, -0.25) is 4.79 Å². The molecule has 1 N–H and O–H groups in total. The van der Waals surface area contributed by atoms with Crippen molar-refractivity contribution in [3.63, 3.8) is 0 Å². The molecule has 0 atom stereocenters. The predicted molar refractivity (Wildman–Crippen MR) is 70.5 cm³/mol. The second kappa shape index (κ2) is 5.92. The van der Waals surface area contributed by atoms with Crippen molar-refractivity contribution in [1.82, 2.24) is 4.98 Å². The third kappa shape index (κ3) is 3.66. The molecule has 2 aromatic rings. The lowest BCUT2D eigenvalue weighted by Crippen LogP contribution is -2.17. The molecule has 0 aliphatic carbocycles. The van der Waals surface area contributed by atoms with Crippen LogP contribution >= 0.6 is 0 Å². The summed E-state index contributed by atoms with van der Waals surface area (Å²) in [5.41, 5.74) is -0.205. The first-order valence-corrected chi connectivity index (χ1v) is 5.98. The van der Waals surface area contributed by atoms with E-state index < -0.39 is 23.6 Å². The number of H-pyrrole nitrogens is 1. The zero-order valence-electron chi connectivity index (χ0n) is 11.2. The highest BCUT2D eigenvalue weighted by Gasteiger charge is 2.31. The summed E-state index contributed by atoms with van der Waals surface area (Å²) in [5, 5.41) is 0. The Hall–Kier alpha value is -2.77. The summed E-state index contributed by atoms with van der Waals surface area (Å²) < 4.78 is 45.1. The van der Waals surface area contributed by atoms with E-state index in [0.717, 1.165) is 25.3 Å². The predicted octanol–water partition coefficient (Wildman–Crippen LogP) is 2.73. The molecule has 1 aromatic heterocycles. The maximum absolute atomic E-state index is 12.2. The fraction of sp³-hybridized carbons (Fsp3) is 0.143. The lowest BCUT2D eigenvalue weighted by molar-refractivity contribution is -0.274. The SMILES string of the molecule is COC(=O)c1[nH]c(=O)ccc1-c1cccc(OC(F)(F)F)c1. The van der Waals surface area contributed by atoms with Gasteiger partial charge >= 0.3 is 12.3 Å². The standard InChI is InChI=1S/C14H10F3NO4/c1-21-13(20)12-10(5-6-11(19)18-12)8-3-2-4-9(7-8)22-14(15,16)17/h2-7H,1H3,(H,18,19). The van der Waals surface area contributed by atoms with Crippen molar-refractivity contribution < 1.29 is 27.4 Å². The van der Waals surface area contributed by atoms with Gasteiger partial charge in [0.1, 0.15) is 11.4 Å². The Bertz CT molecular complexity index is 752. The van der Waals surface area contributed by atoms with Crippen molar-refractivity contribution >= 4 is 5.97 Å². The largest absolute Gasteiger partial charge is 0.573 e. The minimum Gasteiger partial charge on any atom is -0.464 e. The van der Waals surface area contributed by atoms with Crippen molar-refractivity contribution in [1.29, 1.82) is 0 Å². The highest BCUT2D eigenvalue weighted by atomic mass is 19.4. The van der Waals surface area contributed by atoms with Gasteiger partial charge in [-0.25, -0.2) is 4.79 Å². The van der Waals surface area contributed by atoms with Gasteiger partial charge in [-0.15, -0.1) is 13.2 Å². The first-order valence-electron chi connectivity index (χ1n) is 5.98. The number of hydrogen-bond donors (Lipinski definition) is 1. The highest BCUT2D eigenvalue weighted by Crippen LogP contribution is 2.29. The lowest BCUT2D eigenvalue weighted by atomic mass is 10.0. The van der Waals surface area contributed by atoms with Crippen molar-refractivity contribution in [2.24, 2.45) is 0 Å². The number of benzene rings is 1. The van der Waals surface area contributed by atoms with Crippen LogP contribution in [0.1, 0.15) is 10.5 Å². The van der Waals surface area contributed by atoms with Crippen molar-refractivity contribution in [3.8, 4) is 16.9 Å². The molecule has 0 aliphatic rings. The minimum atomic E-state index is -4.82. The van der Waals surface area contributed by atoms with Gasteiger partial charge in [0.15, 0.2) is 0 Å². The van der Waals surface area contributed by atoms with E-state index in [1.807, 2.05) is 0 Å². The van der Waals surface area contributed by atoms with Gasteiger partial charge in [-0.1, -0.05) is 12.1 Å². The summed E-state index contributed by atoms with van der Waals surface area (Å²) in [6.07, 6.45) is -4.82. The van der Waals surface area contributed by atoms with Gasteiger partial charge in [0.05, 0.1) is 7.11 Å². The van der Waals surface area contributed by atoms with Crippen molar-refractivity contribution in [2.45, 2.75) is 6.36 Å². The number of esters is 1. The molecule has 0 bridgehead atoms. The number of nitrogens with one attached hydrogen (secondary N) is 1. The van der Waals surface area contributed by atoms with Crippen LogP contribution in [0, 0.1) is 0 Å². The summed E-state index contributed by atoms with van der Waals surface area (Å²) in [5.74, 6) is -1.25. The van der Waals surface area contributed by atoms with Crippen molar-refractivity contribution in [3.05, 3.63) is 52.4 Å². The van der Waals surface area contributed by atoms with Crippen LogP contribution in [0.25, 0.3) is 11.1 Å². The Morgan fingerprint density at radius 2 is 1.91 bits per heavy atom. The second-order valence-electron chi connectivity index (χ2n) is 4.18. The van der Waals surface area contributed by atoms with E-state index in [4.69, 9.17) is 0 Å². The first kappa shape index (κ1) is 15.6. The summed E-state index contributed by atoms with van der Waals surface area (Å²) in [7, 11) is 1.13. The molecule has 1 heterocycles. The maximum Gasteiger partial charge on any atom is 0.573 e. The van der Waals surface area contributed by atoms with Crippen LogP contribution in [0.4, 0.5) is 13.2 Å². The van der Waals surface area contributed by atoms with Gasteiger partial charge in [-0.2, -0.15) is 0 Å². The molecular weight excluding hydrogens is 303 g/mol. The quantitative estimate of drug-likeness (QED) is 0.885. The topological polar surface area (TPSA) is 68.4 Å². The van der Waals surface area contributed by atoms with Gasteiger partial charge in [0.2, 0.25) is 5.56 Å². The molecule has 116 valence electrons. The molecule has 0 saturated carbocycles. The Morgan fingerprint density at radius 1 is 1.18 bits per heavy atom. The third-order valence-electron chi connectivity index (χ3n) is 2.69. The first-order chi connectivity index (χ1) is 10.3. The van der Waals surface area contributed by atoms with E-state index in [1.165, 1.54) is 18.2 Å². The van der Waals surface area contributed by atoms with E-state index in [2.05, 4.69) is 14.5 Å². The van der Waals surface area contributed by atoms with E-state index in [0.29, 0.717) is 0 Å². The molecule has 0 radical (unpaired) electrons. The summed E-state index contributed by atoms with van der Waals surface area (Å²) >= 11 is 0. The molecule has 0 aliphatic heterocycles. The highest BCUT2D eigenvalue weighted by molar-refractivity contribution is 5.95. The number of pyridine rings is 1. The van der Waals surface area contributed by atoms with Crippen LogP contribution in [0.3, 0.4) is 0 Å². The van der Waals surface area contributed by atoms with Crippen LogP contribution in [0.2, 0.25) is 0 Å².